The van der Waals surface area contributed by atoms with Gasteiger partial charge >= 0.3 is 5.97 Å². The Labute approximate surface area is 111 Å². The molecule has 0 radical (unpaired) electrons. The fourth-order valence-electron chi connectivity index (χ4n) is 1.49. The minimum absolute atomic E-state index is 0.114. The monoisotopic (exact) mass is 270 g/mol. The highest BCUT2D eigenvalue weighted by Crippen LogP contribution is 2.26. The highest BCUT2D eigenvalue weighted by atomic mass is 32.1. The molecule has 0 saturated carbocycles. The van der Waals surface area contributed by atoms with E-state index < -0.39 is 5.97 Å². The third-order valence-corrected chi connectivity index (χ3v) is 3.12. The van der Waals surface area contributed by atoms with Crippen molar-refractivity contribution in [3.05, 3.63) is 34.2 Å². The van der Waals surface area contributed by atoms with Crippen LogP contribution in [0.3, 0.4) is 0 Å². The van der Waals surface area contributed by atoms with Crippen molar-refractivity contribution in [1.82, 2.24) is 0 Å². The zero-order valence-electron chi connectivity index (χ0n) is 10.8. The summed E-state index contributed by atoms with van der Waals surface area (Å²) in [4.78, 5) is 11.4. The molecule has 18 heavy (non-hydrogen) atoms. The van der Waals surface area contributed by atoms with Crippen LogP contribution in [0.15, 0.2) is 28.7 Å². The van der Waals surface area contributed by atoms with E-state index in [0.717, 1.165) is 5.56 Å². The van der Waals surface area contributed by atoms with Crippen molar-refractivity contribution >= 4 is 17.3 Å². The number of esters is 1. The summed E-state index contributed by atoms with van der Waals surface area (Å²) in [6.45, 7) is 2.12. The third kappa shape index (κ3) is 4.50. The summed E-state index contributed by atoms with van der Waals surface area (Å²) >= 11 is 1.61. The van der Waals surface area contributed by atoms with Gasteiger partial charge in [0.1, 0.15) is 5.76 Å². The first-order valence-electron chi connectivity index (χ1n) is 5.67. The van der Waals surface area contributed by atoms with E-state index in [9.17, 15) is 4.79 Å². The summed E-state index contributed by atoms with van der Waals surface area (Å²) in [5.41, 5.74) is 1.08. The quantitative estimate of drug-likeness (QED) is 0.434. The lowest BCUT2D eigenvalue weighted by Gasteiger charge is -2.15. The maximum absolute atomic E-state index is 11.4. The van der Waals surface area contributed by atoms with Crippen LogP contribution in [0.4, 0.5) is 0 Å². The molecule has 0 saturated heterocycles. The van der Waals surface area contributed by atoms with E-state index in [-0.39, 0.29) is 6.10 Å². The maximum atomic E-state index is 11.4. The highest BCUT2D eigenvalue weighted by Gasteiger charge is 2.15. The average Bonchev–Trinajstić information content (AvgIpc) is 2.88. The summed E-state index contributed by atoms with van der Waals surface area (Å²) in [7, 11) is 3.17. The van der Waals surface area contributed by atoms with Crippen molar-refractivity contribution in [1.29, 1.82) is 0 Å². The van der Waals surface area contributed by atoms with Crippen LogP contribution in [0.1, 0.15) is 25.0 Å². The summed E-state index contributed by atoms with van der Waals surface area (Å²) in [5, 5.41) is 4.01. The first kappa shape index (κ1) is 14.7. The second-order valence-corrected chi connectivity index (χ2v) is 4.33. The van der Waals surface area contributed by atoms with E-state index in [1.54, 1.807) is 25.4 Å². The molecule has 4 nitrogen and oxygen atoms in total. The largest absolute Gasteiger partial charge is 0.501 e. The maximum Gasteiger partial charge on any atom is 0.334 e. The van der Waals surface area contributed by atoms with Gasteiger partial charge in [0.2, 0.25) is 0 Å². The van der Waals surface area contributed by atoms with Crippen LogP contribution >= 0.6 is 11.3 Å². The van der Waals surface area contributed by atoms with Crippen LogP contribution in [0, 0.1) is 0 Å². The van der Waals surface area contributed by atoms with Crippen LogP contribution in [0.5, 0.6) is 0 Å². The first-order valence-corrected chi connectivity index (χ1v) is 6.61. The van der Waals surface area contributed by atoms with Crippen molar-refractivity contribution < 1.29 is 19.0 Å². The first-order chi connectivity index (χ1) is 8.71. The average molecular weight is 270 g/mol. The molecule has 0 bridgehead atoms. The molecule has 1 aromatic heterocycles. The Morgan fingerprint density at radius 1 is 1.50 bits per heavy atom. The smallest absolute Gasteiger partial charge is 0.334 e. The van der Waals surface area contributed by atoms with E-state index in [1.807, 2.05) is 16.8 Å². The van der Waals surface area contributed by atoms with Crippen molar-refractivity contribution in [2.45, 2.75) is 19.4 Å². The molecule has 0 amide bonds. The molecule has 0 aliphatic rings. The van der Waals surface area contributed by atoms with Gasteiger partial charge in [-0.05, 0) is 29.3 Å². The molecule has 5 heteroatoms. The molecule has 0 fully saturated rings. The van der Waals surface area contributed by atoms with Gasteiger partial charge in [0, 0.05) is 13.5 Å². The minimum Gasteiger partial charge on any atom is -0.501 e. The van der Waals surface area contributed by atoms with E-state index in [4.69, 9.17) is 14.2 Å². The van der Waals surface area contributed by atoms with E-state index in [0.29, 0.717) is 18.8 Å². The van der Waals surface area contributed by atoms with Gasteiger partial charge in [-0.1, -0.05) is 0 Å². The number of hydrogen-bond donors (Lipinski definition) is 0. The molecule has 1 rings (SSSR count). The summed E-state index contributed by atoms with van der Waals surface area (Å²) < 4.78 is 15.4. The van der Waals surface area contributed by atoms with Crippen LogP contribution in [-0.4, -0.2) is 26.8 Å². The predicted octanol–water partition coefficient (Wildman–Crippen LogP) is 2.92. The van der Waals surface area contributed by atoms with E-state index in [2.05, 4.69) is 0 Å². The lowest BCUT2D eigenvalue weighted by molar-refractivity contribution is -0.137. The zero-order valence-corrected chi connectivity index (χ0v) is 11.7. The number of thiophene rings is 1. The molecule has 0 aliphatic carbocycles. The van der Waals surface area contributed by atoms with E-state index in [1.165, 1.54) is 13.2 Å². The van der Waals surface area contributed by atoms with Gasteiger partial charge in [-0.3, -0.25) is 0 Å². The van der Waals surface area contributed by atoms with Gasteiger partial charge in [0.25, 0.3) is 0 Å². The Morgan fingerprint density at radius 2 is 2.28 bits per heavy atom. The Balaban J connectivity index is 2.69. The molecule has 1 heterocycles. The molecular formula is C13H18O4S. The highest BCUT2D eigenvalue weighted by molar-refractivity contribution is 7.07. The zero-order chi connectivity index (χ0) is 13.4. The van der Waals surface area contributed by atoms with Gasteiger partial charge in [0.05, 0.1) is 25.9 Å². The molecule has 1 unspecified atom stereocenters. The number of rotatable bonds is 7. The number of hydrogen-bond acceptors (Lipinski definition) is 5. The summed E-state index contributed by atoms with van der Waals surface area (Å²) in [6.07, 6.45) is 1.75. The second-order valence-electron chi connectivity index (χ2n) is 3.55. The van der Waals surface area contributed by atoms with E-state index >= 15 is 0 Å². The fourth-order valence-corrected chi connectivity index (χ4v) is 2.20. The number of carbonyl (C=O) groups excluding carboxylic acids is 1. The molecule has 0 aromatic carbocycles. The lowest BCUT2D eigenvalue weighted by Crippen LogP contribution is -2.06. The summed E-state index contributed by atoms with van der Waals surface area (Å²) in [5.74, 6) is 0.154. The topological polar surface area (TPSA) is 44.8 Å². The van der Waals surface area contributed by atoms with Crippen LogP contribution < -0.4 is 0 Å². The Kier molecular flexibility index (Phi) is 6.46. The van der Waals surface area contributed by atoms with Crippen molar-refractivity contribution in [2.24, 2.45) is 0 Å². The molecule has 0 N–H and O–H groups in total. The fraction of sp³-hybridized carbons (Fsp3) is 0.462. The molecule has 0 spiro atoms. The lowest BCUT2D eigenvalue weighted by atomic mass is 10.1. The van der Waals surface area contributed by atoms with Crippen LogP contribution in [0.25, 0.3) is 0 Å². The van der Waals surface area contributed by atoms with Gasteiger partial charge in [0.15, 0.2) is 0 Å². The summed E-state index contributed by atoms with van der Waals surface area (Å²) in [6, 6.07) is 2.00. The molecule has 1 aromatic rings. The Bertz CT molecular complexity index is 384. The Morgan fingerprint density at radius 3 is 2.78 bits per heavy atom. The van der Waals surface area contributed by atoms with Crippen LogP contribution in [0.2, 0.25) is 0 Å². The third-order valence-electron chi connectivity index (χ3n) is 2.41. The molecular weight excluding hydrogens is 252 g/mol. The Hall–Kier alpha value is -1.33. The van der Waals surface area contributed by atoms with Gasteiger partial charge in [-0.2, -0.15) is 11.3 Å². The molecule has 100 valence electrons. The number of carbonyl (C=O) groups is 1. The number of methoxy groups -OCH3 is 2. The number of ether oxygens (including phenoxy) is 3. The predicted molar refractivity (Wildman–Crippen MR) is 70.4 cm³/mol. The van der Waals surface area contributed by atoms with Crippen molar-refractivity contribution in [2.75, 3.05) is 20.8 Å². The van der Waals surface area contributed by atoms with Gasteiger partial charge in [-0.15, -0.1) is 0 Å². The standard InChI is InChI=1S/C13H18O4S/c1-4-17-13(14)8-11(15-2)7-12(16-3)10-5-6-18-9-10/h5-6,8-9,12H,4,7H2,1-3H3/b11-8+. The van der Waals surface area contributed by atoms with Gasteiger partial charge in [-0.25, -0.2) is 4.79 Å². The van der Waals surface area contributed by atoms with Crippen molar-refractivity contribution in [3.8, 4) is 0 Å². The van der Waals surface area contributed by atoms with Crippen LogP contribution in [-0.2, 0) is 19.0 Å². The SMILES string of the molecule is CCOC(=O)/C=C(\CC(OC)c1ccsc1)OC. The van der Waals surface area contributed by atoms with Gasteiger partial charge < -0.3 is 14.2 Å². The minimum atomic E-state index is -0.394. The molecule has 0 aliphatic heterocycles. The normalized spacial score (nSPS) is 13.2. The second kappa shape index (κ2) is 7.89. The molecule has 1 atom stereocenters. The van der Waals surface area contributed by atoms with Crippen molar-refractivity contribution in [3.63, 3.8) is 0 Å².